The van der Waals surface area contributed by atoms with E-state index in [1.807, 2.05) is 60.7 Å². The summed E-state index contributed by atoms with van der Waals surface area (Å²) in [6.45, 7) is 0.661. The van der Waals surface area contributed by atoms with Gasteiger partial charge in [-0.05, 0) is 11.1 Å². The van der Waals surface area contributed by atoms with Crippen LogP contribution in [0.25, 0.3) is 0 Å². The number of nitrogens with one attached hydrogen (secondary N) is 1. The normalized spacial score (nSPS) is 14.5. The number of benzene rings is 2. The second-order valence-electron chi connectivity index (χ2n) is 7.89. The van der Waals surface area contributed by atoms with Crippen LogP contribution >= 0.6 is 11.3 Å². The molecule has 9 heteroatoms. The fraction of sp³-hybridized carbons (Fsp3) is 0.304. The molecule has 7 nitrogen and oxygen atoms in total. The number of hydrogen-bond acceptors (Lipinski definition) is 5. The van der Waals surface area contributed by atoms with Crippen LogP contribution in [0.5, 0.6) is 0 Å². The minimum atomic E-state index is -3.48. The molecule has 2 aromatic carbocycles. The largest absolute Gasteiger partial charge is 0.302 e. The molecule has 1 N–H and O–H groups in total. The number of nitrogens with zero attached hydrogens (tertiary/aromatic N) is 3. The van der Waals surface area contributed by atoms with E-state index in [-0.39, 0.29) is 18.4 Å². The Morgan fingerprint density at radius 1 is 1.09 bits per heavy atom. The summed E-state index contributed by atoms with van der Waals surface area (Å²) < 4.78 is 27.5. The smallest absolute Gasteiger partial charge is 0.281 e. The molecule has 3 aromatic rings. The number of carbonyl (C=O) groups is 1. The van der Waals surface area contributed by atoms with Crippen LogP contribution in [0.15, 0.2) is 60.7 Å². The molecule has 0 saturated heterocycles. The SMILES string of the molecule is CN(C)S(=O)(=O)N1CCc2nc(NC(=O)CC(c3ccccc3)c3ccccc3)sc2C1. The maximum Gasteiger partial charge on any atom is 0.281 e. The Kier molecular flexibility index (Phi) is 6.71. The highest BCUT2D eigenvalue weighted by atomic mass is 32.2. The number of aromatic nitrogens is 1. The van der Waals surface area contributed by atoms with E-state index in [9.17, 15) is 13.2 Å². The Bertz CT molecular complexity index is 1140. The van der Waals surface area contributed by atoms with Crippen molar-refractivity contribution in [1.82, 2.24) is 13.6 Å². The predicted octanol–water partition coefficient (Wildman–Crippen LogP) is 3.47. The molecule has 0 aliphatic carbocycles. The monoisotopic (exact) mass is 470 g/mol. The van der Waals surface area contributed by atoms with Gasteiger partial charge in [-0.25, -0.2) is 4.98 Å². The summed E-state index contributed by atoms with van der Waals surface area (Å²) in [6, 6.07) is 20.0. The molecule has 1 aromatic heterocycles. The molecule has 1 aliphatic rings. The standard InChI is InChI=1S/C23H26N4O3S2/c1-26(2)32(29,30)27-14-13-20-21(16-27)31-23(24-20)25-22(28)15-19(17-9-5-3-6-10-17)18-11-7-4-8-12-18/h3-12,19H,13-16H2,1-2H3,(H,24,25,28). The number of rotatable bonds is 7. The molecule has 1 amide bonds. The number of carbonyl (C=O) groups excluding carboxylic acids is 1. The second-order valence-corrected chi connectivity index (χ2v) is 11.1. The molecule has 32 heavy (non-hydrogen) atoms. The van der Waals surface area contributed by atoms with E-state index in [0.717, 1.165) is 21.7 Å². The van der Waals surface area contributed by atoms with Crippen LogP contribution in [0, 0.1) is 0 Å². The maximum atomic E-state index is 12.9. The summed E-state index contributed by atoms with van der Waals surface area (Å²) in [5.41, 5.74) is 3.02. The van der Waals surface area contributed by atoms with Gasteiger partial charge in [-0.15, -0.1) is 11.3 Å². The Labute approximate surface area is 192 Å². The number of hydrogen-bond donors (Lipinski definition) is 1. The number of amides is 1. The van der Waals surface area contributed by atoms with Crippen LogP contribution in [0.2, 0.25) is 0 Å². The van der Waals surface area contributed by atoms with Gasteiger partial charge in [0.15, 0.2) is 5.13 Å². The minimum Gasteiger partial charge on any atom is -0.302 e. The predicted molar refractivity (Wildman–Crippen MR) is 127 cm³/mol. The van der Waals surface area contributed by atoms with Crippen molar-refractivity contribution < 1.29 is 13.2 Å². The van der Waals surface area contributed by atoms with Gasteiger partial charge in [0.05, 0.1) is 12.2 Å². The van der Waals surface area contributed by atoms with E-state index in [4.69, 9.17) is 0 Å². The van der Waals surface area contributed by atoms with E-state index in [0.29, 0.717) is 24.5 Å². The molecule has 168 valence electrons. The first-order valence-electron chi connectivity index (χ1n) is 10.4. The third-order valence-corrected chi connectivity index (χ3v) is 8.41. The van der Waals surface area contributed by atoms with E-state index < -0.39 is 10.2 Å². The number of anilines is 1. The van der Waals surface area contributed by atoms with Gasteiger partial charge in [-0.3, -0.25) is 4.79 Å². The third kappa shape index (κ3) is 4.91. The molecule has 4 rings (SSSR count). The number of thiazole rings is 1. The summed E-state index contributed by atoms with van der Waals surface area (Å²) in [4.78, 5) is 18.4. The van der Waals surface area contributed by atoms with Crippen molar-refractivity contribution in [3.05, 3.63) is 82.4 Å². The molecule has 0 atom stereocenters. The van der Waals surface area contributed by atoms with Gasteiger partial charge in [0, 0.05) is 44.3 Å². The van der Waals surface area contributed by atoms with Gasteiger partial charge < -0.3 is 5.32 Å². The zero-order valence-electron chi connectivity index (χ0n) is 18.1. The minimum absolute atomic E-state index is 0.0623. The summed E-state index contributed by atoms with van der Waals surface area (Å²) in [6.07, 6.45) is 0.824. The lowest BCUT2D eigenvalue weighted by atomic mass is 9.88. The quantitative estimate of drug-likeness (QED) is 0.573. The first kappa shape index (κ1) is 22.6. The summed E-state index contributed by atoms with van der Waals surface area (Å²) in [7, 11) is -0.422. The Hall–Kier alpha value is -2.59. The van der Waals surface area contributed by atoms with Crippen LogP contribution in [0.3, 0.4) is 0 Å². The van der Waals surface area contributed by atoms with E-state index in [2.05, 4.69) is 10.3 Å². The summed E-state index contributed by atoms with van der Waals surface area (Å²) in [5, 5.41) is 3.45. The van der Waals surface area contributed by atoms with E-state index in [1.54, 1.807) is 0 Å². The van der Waals surface area contributed by atoms with Gasteiger partial charge in [0.2, 0.25) is 5.91 Å². The third-order valence-electron chi connectivity index (χ3n) is 5.52. The molecule has 0 radical (unpaired) electrons. The fourth-order valence-electron chi connectivity index (χ4n) is 3.81. The zero-order valence-corrected chi connectivity index (χ0v) is 19.7. The number of fused-ring (bicyclic) bond motifs is 1. The van der Waals surface area contributed by atoms with Gasteiger partial charge in [-0.2, -0.15) is 17.0 Å². The van der Waals surface area contributed by atoms with Crippen molar-refractivity contribution in [3.8, 4) is 0 Å². The molecular formula is C23H26N4O3S2. The molecule has 1 aliphatic heterocycles. The molecular weight excluding hydrogens is 444 g/mol. The Morgan fingerprint density at radius 2 is 1.69 bits per heavy atom. The van der Waals surface area contributed by atoms with Crippen molar-refractivity contribution in [2.75, 3.05) is 26.0 Å². The highest BCUT2D eigenvalue weighted by Crippen LogP contribution is 2.32. The summed E-state index contributed by atoms with van der Waals surface area (Å²) in [5.74, 6) is -0.181. The molecule has 0 bridgehead atoms. The second kappa shape index (κ2) is 9.50. The topological polar surface area (TPSA) is 82.6 Å². The Balaban J connectivity index is 1.48. The lowest BCUT2D eigenvalue weighted by molar-refractivity contribution is -0.116. The van der Waals surface area contributed by atoms with Crippen LogP contribution in [0.1, 0.15) is 34.0 Å². The molecule has 0 saturated carbocycles. The molecule has 2 heterocycles. The highest BCUT2D eigenvalue weighted by Gasteiger charge is 2.30. The average Bonchev–Trinajstić information content (AvgIpc) is 3.20. The molecule has 0 unspecified atom stereocenters. The van der Waals surface area contributed by atoms with Crippen LogP contribution in [0.4, 0.5) is 5.13 Å². The summed E-state index contributed by atoms with van der Waals surface area (Å²) >= 11 is 1.35. The van der Waals surface area contributed by atoms with E-state index in [1.165, 1.54) is 34.0 Å². The van der Waals surface area contributed by atoms with Crippen LogP contribution in [-0.2, 0) is 28.0 Å². The average molecular weight is 471 g/mol. The molecule has 0 fully saturated rings. The van der Waals surface area contributed by atoms with Gasteiger partial charge in [0.1, 0.15) is 0 Å². The Morgan fingerprint density at radius 3 is 2.25 bits per heavy atom. The van der Waals surface area contributed by atoms with E-state index >= 15 is 0 Å². The lowest BCUT2D eigenvalue weighted by Crippen LogP contribution is -2.42. The van der Waals surface area contributed by atoms with Gasteiger partial charge >= 0.3 is 0 Å². The maximum absolute atomic E-state index is 12.9. The van der Waals surface area contributed by atoms with Gasteiger partial charge in [-0.1, -0.05) is 60.7 Å². The fourth-order valence-corrected chi connectivity index (χ4v) is 6.01. The highest BCUT2D eigenvalue weighted by molar-refractivity contribution is 7.86. The molecule has 0 spiro atoms. The van der Waals surface area contributed by atoms with Crippen LogP contribution in [-0.4, -0.2) is 48.6 Å². The lowest BCUT2D eigenvalue weighted by Gasteiger charge is -2.27. The van der Waals surface area contributed by atoms with Crippen molar-refractivity contribution in [2.24, 2.45) is 0 Å². The van der Waals surface area contributed by atoms with Crippen LogP contribution < -0.4 is 5.32 Å². The van der Waals surface area contributed by atoms with Crippen molar-refractivity contribution in [2.45, 2.75) is 25.3 Å². The zero-order chi connectivity index (χ0) is 22.7. The van der Waals surface area contributed by atoms with Gasteiger partial charge in [0.25, 0.3) is 10.2 Å². The first-order valence-corrected chi connectivity index (χ1v) is 12.6. The van der Waals surface area contributed by atoms with Crippen molar-refractivity contribution in [3.63, 3.8) is 0 Å². The first-order chi connectivity index (χ1) is 15.3. The van der Waals surface area contributed by atoms with Crippen molar-refractivity contribution >= 4 is 32.6 Å². The van der Waals surface area contributed by atoms with Crippen molar-refractivity contribution in [1.29, 1.82) is 0 Å².